The molecule has 0 radical (unpaired) electrons. The molecule has 0 spiro atoms. The number of benzene rings is 1. The van der Waals surface area contributed by atoms with Crippen molar-refractivity contribution >= 4 is 11.7 Å². The first-order valence-electron chi connectivity index (χ1n) is 10.2. The zero-order chi connectivity index (χ0) is 20.1. The second-order valence-electron chi connectivity index (χ2n) is 8.12. The Balaban J connectivity index is 1.76. The normalized spacial score (nSPS) is 16.6. The van der Waals surface area contributed by atoms with E-state index in [9.17, 15) is 4.79 Å². The summed E-state index contributed by atoms with van der Waals surface area (Å²) < 4.78 is 0. The lowest BCUT2D eigenvalue weighted by Gasteiger charge is -2.37. The van der Waals surface area contributed by atoms with Gasteiger partial charge >= 0.3 is 0 Å². The number of carbonyl (C=O) groups excluding carboxylic acids is 1. The summed E-state index contributed by atoms with van der Waals surface area (Å²) in [6, 6.07) is 12.5. The van der Waals surface area contributed by atoms with Crippen molar-refractivity contribution in [2.75, 3.05) is 38.6 Å². The second-order valence-corrected chi connectivity index (χ2v) is 8.12. The van der Waals surface area contributed by atoms with E-state index in [1.165, 1.54) is 24.0 Å². The predicted molar refractivity (Wildman–Crippen MR) is 115 cm³/mol. The molecule has 1 aromatic heterocycles. The molecular weight excluding hydrogens is 348 g/mol. The molecule has 150 valence electrons. The summed E-state index contributed by atoms with van der Waals surface area (Å²) in [5.41, 5.74) is 3.13. The van der Waals surface area contributed by atoms with E-state index in [1.54, 1.807) is 6.20 Å². The Morgan fingerprint density at radius 1 is 1.21 bits per heavy atom. The number of likely N-dealkylation sites (tertiary alicyclic amines) is 1. The highest BCUT2D eigenvalue weighted by atomic mass is 16.1. The van der Waals surface area contributed by atoms with Crippen molar-refractivity contribution in [2.45, 2.75) is 32.7 Å². The van der Waals surface area contributed by atoms with E-state index in [4.69, 9.17) is 0 Å². The van der Waals surface area contributed by atoms with E-state index in [1.807, 2.05) is 31.1 Å². The van der Waals surface area contributed by atoms with Crippen molar-refractivity contribution in [1.82, 2.24) is 15.2 Å². The van der Waals surface area contributed by atoms with Gasteiger partial charge < -0.3 is 10.2 Å². The fourth-order valence-corrected chi connectivity index (χ4v) is 3.80. The molecule has 0 bridgehead atoms. The first-order valence-corrected chi connectivity index (χ1v) is 10.2. The van der Waals surface area contributed by atoms with Crippen LogP contribution in [0, 0.1) is 12.8 Å². The lowest BCUT2D eigenvalue weighted by Crippen LogP contribution is -2.42. The van der Waals surface area contributed by atoms with E-state index in [2.05, 4.69) is 53.3 Å². The highest BCUT2D eigenvalue weighted by Gasteiger charge is 2.25. The molecule has 0 aliphatic carbocycles. The molecule has 5 heteroatoms. The fraction of sp³-hybridized carbons (Fsp3) is 0.478. The van der Waals surface area contributed by atoms with Crippen LogP contribution in [0.5, 0.6) is 0 Å². The molecule has 1 N–H and O–H groups in total. The van der Waals surface area contributed by atoms with Crippen LogP contribution in [0.3, 0.4) is 0 Å². The average Bonchev–Trinajstić information content (AvgIpc) is 2.70. The van der Waals surface area contributed by atoms with Gasteiger partial charge in [-0.3, -0.25) is 9.69 Å². The number of nitrogens with one attached hydrogen (secondary N) is 1. The summed E-state index contributed by atoms with van der Waals surface area (Å²) in [5.74, 6) is 1.40. The molecule has 1 amide bonds. The SMILES string of the molecule is Cc1ccc(C(CNC(=O)c2cccnc2N(C)C)N2CCC(C)CC2)cc1. The van der Waals surface area contributed by atoms with Crippen molar-refractivity contribution in [3.63, 3.8) is 0 Å². The summed E-state index contributed by atoms with van der Waals surface area (Å²) in [5, 5.41) is 3.17. The van der Waals surface area contributed by atoms with E-state index < -0.39 is 0 Å². The molecule has 3 rings (SSSR count). The van der Waals surface area contributed by atoms with Gasteiger partial charge in [-0.1, -0.05) is 36.8 Å². The first kappa shape index (κ1) is 20.3. The Bertz CT molecular complexity index is 779. The van der Waals surface area contributed by atoms with Gasteiger partial charge in [-0.05, 0) is 56.5 Å². The number of rotatable bonds is 6. The molecule has 1 aromatic carbocycles. The number of aromatic nitrogens is 1. The summed E-state index contributed by atoms with van der Waals surface area (Å²) in [6.45, 7) is 7.17. The number of piperidine rings is 1. The van der Waals surface area contributed by atoms with Crippen LogP contribution < -0.4 is 10.2 Å². The molecule has 5 nitrogen and oxygen atoms in total. The smallest absolute Gasteiger partial charge is 0.255 e. The van der Waals surface area contributed by atoms with Crippen LogP contribution in [-0.4, -0.2) is 49.5 Å². The van der Waals surface area contributed by atoms with Gasteiger partial charge in [0.1, 0.15) is 5.82 Å². The molecule has 2 aromatic rings. The Hall–Kier alpha value is -2.40. The van der Waals surface area contributed by atoms with Gasteiger partial charge in [-0.25, -0.2) is 4.98 Å². The van der Waals surface area contributed by atoms with Crippen LogP contribution in [0.1, 0.15) is 47.3 Å². The maximum absolute atomic E-state index is 12.9. The Kier molecular flexibility index (Phi) is 6.68. The number of amides is 1. The molecule has 0 saturated carbocycles. The number of carbonyl (C=O) groups is 1. The van der Waals surface area contributed by atoms with Crippen LogP contribution in [0.4, 0.5) is 5.82 Å². The van der Waals surface area contributed by atoms with Crippen LogP contribution in [0.25, 0.3) is 0 Å². The van der Waals surface area contributed by atoms with E-state index >= 15 is 0 Å². The molecule has 28 heavy (non-hydrogen) atoms. The summed E-state index contributed by atoms with van der Waals surface area (Å²) in [6.07, 6.45) is 4.14. The van der Waals surface area contributed by atoms with Gasteiger partial charge in [0.15, 0.2) is 0 Å². The summed E-state index contributed by atoms with van der Waals surface area (Å²) >= 11 is 0. The van der Waals surface area contributed by atoms with E-state index in [0.29, 0.717) is 17.9 Å². The highest BCUT2D eigenvalue weighted by molar-refractivity contribution is 5.98. The Labute approximate surface area is 168 Å². The number of aryl methyl sites for hydroxylation is 1. The van der Waals surface area contributed by atoms with Gasteiger partial charge in [-0.15, -0.1) is 0 Å². The van der Waals surface area contributed by atoms with Crippen LogP contribution in [0.2, 0.25) is 0 Å². The highest BCUT2D eigenvalue weighted by Crippen LogP contribution is 2.27. The number of nitrogens with zero attached hydrogens (tertiary/aromatic N) is 3. The number of hydrogen-bond donors (Lipinski definition) is 1. The molecule has 2 heterocycles. The zero-order valence-electron chi connectivity index (χ0n) is 17.5. The third kappa shape index (κ3) is 4.90. The fourth-order valence-electron chi connectivity index (χ4n) is 3.80. The zero-order valence-corrected chi connectivity index (χ0v) is 17.5. The second kappa shape index (κ2) is 9.20. The first-order chi connectivity index (χ1) is 13.5. The van der Waals surface area contributed by atoms with E-state index in [0.717, 1.165) is 19.0 Å². The monoisotopic (exact) mass is 380 g/mol. The van der Waals surface area contributed by atoms with Gasteiger partial charge in [0.25, 0.3) is 5.91 Å². The van der Waals surface area contributed by atoms with Gasteiger partial charge in [0, 0.05) is 26.8 Å². The molecule has 1 atom stereocenters. The lowest BCUT2D eigenvalue weighted by atomic mass is 9.95. The Morgan fingerprint density at radius 3 is 2.54 bits per heavy atom. The van der Waals surface area contributed by atoms with Gasteiger partial charge in [-0.2, -0.15) is 0 Å². The van der Waals surface area contributed by atoms with Gasteiger partial charge in [0.05, 0.1) is 11.6 Å². The largest absolute Gasteiger partial charge is 0.362 e. The van der Waals surface area contributed by atoms with Crippen molar-refractivity contribution in [3.8, 4) is 0 Å². The molecule has 1 fully saturated rings. The minimum Gasteiger partial charge on any atom is -0.362 e. The average molecular weight is 381 g/mol. The third-order valence-corrected chi connectivity index (χ3v) is 5.63. The number of pyridine rings is 1. The van der Waals surface area contributed by atoms with Crippen molar-refractivity contribution in [2.24, 2.45) is 5.92 Å². The molecule has 1 saturated heterocycles. The standard InChI is InChI=1S/C23H32N4O/c1-17-7-9-19(10-8-17)21(27-14-11-18(2)12-15-27)16-25-23(28)20-6-5-13-24-22(20)26(3)4/h5-10,13,18,21H,11-12,14-16H2,1-4H3,(H,25,28). The molecular formula is C23H32N4O. The van der Waals surface area contributed by atoms with E-state index in [-0.39, 0.29) is 11.9 Å². The minimum absolute atomic E-state index is 0.0701. The van der Waals surface area contributed by atoms with Gasteiger partial charge in [0.2, 0.25) is 0 Å². The quantitative estimate of drug-likeness (QED) is 0.831. The van der Waals surface area contributed by atoms with Crippen molar-refractivity contribution in [3.05, 3.63) is 59.3 Å². The molecule has 1 aliphatic rings. The lowest BCUT2D eigenvalue weighted by molar-refractivity contribution is 0.0913. The van der Waals surface area contributed by atoms with Crippen molar-refractivity contribution < 1.29 is 4.79 Å². The number of anilines is 1. The van der Waals surface area contributed by atoms with Crippen LogP contribution in [-0.2, 0) is 0 Å². The van der Waals surface area contributed by atoms with Crippen LogP contribution in [0.15, 0.2) is 42.6 Å². The predicted octanol–water partition coefficient (Wildman–Crippen LogP) is 3.66. The third-order valence-electron chi connectivity index (χ3n) is 5.63. The van der Waals surface area contributed by atoms with Crippen LogP contribution >= 0.6 is 0 Å². The molecule has 1 aliphatic heterocycles. The van der Waals surface area contributed by atoms with Crippen molar-refractivity contribution in [1.29, 1.82) is 0 Å². The minimum atomic E-state index is -0.0701. The Morgan fingerprint density at radius 2 is 1.89 bits per heavy atom. The summed E-state index contributed by atoms with van der Waals surface area (Å²) in [4.78, 5) is 21.6. The maximum Gasteiger partial charge on any atom is 0.255 e. The maximum atomic E-state index is 12.9. The number of hydrogen-bond acceptors (Lipinski definition) is 4. The molecule has 1 unspecified atom stereocenters. The summed E-state index contributed by atoms with van der Waals surface area (Å²) in [7, 11) is 3.81. The topological polar surface area (TPSA) is 48.5 Å².